The van der Waals surface area contributed by atoms with Crippen LogP contribution < -0.4 is 10.1 Å². The summed E-state index contributed by atoms with van der Waals surface area (Å²) in [4.78, 5) is 22.7. The zero-order valence-corrected chi connectivity index (χ0v) is 14.9. The van der Waals surface area contributed by atoms with Crippen molar-refractivity contribution in [3.63, 3.8) is 0 Å². The lowest BCUT2D eigenvalue weighted by Crippen LogP contribution is -2.12. The number of nitrogens with one attached hydrogen (secondary N) is 1. The molecule has 0 unspecified atom stereocenters. The van der Waals surface area contributed by atoms with Crippen molar-refractivity contribution in [2.24, 2.45) is 0 Å². The predicted molar refractivity (Wildman–Crippen MR) is 98.2 cm³/mol. The Hall–Kier alpha value is -3.13. The summed E-state index contributed by atoms with van der Waals surface area (Å²) in [6, 6.07) is 16.3. The summed E-state index contributed by atoms with van der Waals surface area (Å²) in [5.41, 5.74) is -0.0854. The van der Waals surface area contributed by atoms with Gasteiger partial charge in [0.25, 0.3) is 11.6 Å². The number of carbonyl (C=O) groups excluding carboxylic acids is 1. The molecule has 0 bridgehead atoms. The number of furan rings is 1. The number of hydrogen-bond donors (Lipinski definition) is 1. The Kier molecular flexibility index (Phi) is 5.33. The number of nitro groups is 1. The molecule has 8 heteroatoms. The number of amides is 1. The quantitative estimate of drug-likeness (QED) is 0.460. The fraction of sp³-hybridized carbons (Fsp3) is 0.0556. The highest BCUT2D eigenvalue weighted by Crippen LogP contribution is 2.24. The number of para-hydroxylation sites is 2. The van der Waals surface area contributed by atoms with E-state index in [0.717, 1.165) is 4.47 Å². The molecule has 1 N–H and O–H groups in total. The Balaban J connectivity index is 1.65. The molecule has 0 atom stereocenters. The molecule has 0 radical (unpaired) electrons. The molecule has 0 aliphatic rings. The van der Waals surface area contributed by atoms with Gasteiger partial charge in [0, 0.05) is 10.5 Å². The molecule has 0 aliphatic carbocycles. The summed E-state index contributed by atoms with van der Waals surface area (Å²) in [5, 5.41) is 13.5. The van der Waals surface area contributed by atoms with Gasteiger partial charge < -0.3 is 14.5 Å². The fourth-order valence-corrected chi connectivity index (χ4v) is 2.45. The monoisotopic (exact) mass is 416 g/mol. The molecule has 0 fully saturated rings. The maximum Gasteiger partial charge on any atom is 0.292 e. The molecule has 2 aromatic carbocycles. The van der Waals surface area contributed by atoms with Crippen molar-refractivity contribution in [3.05, 3.63) is 86.8 Å². The Morgan fingerprint density at radius 3 is 2.58 bits per heavy atom. The Bertz CT molecular complexity index is 937. The number of benzene rings is 2. The highest BCUT2D eigenvalue weighted by atomic mass is 79.9. The second-order valence-corrected chi connectivity index (χ2v) is 6.15. The maximum absolute atomic E-state index is 12.2. The maximum atomic E-state index is 12.2. The van der Waals surface area contributed by atoms with Crippen LogP contribution in [0.15, 0.2) is 69.6 Å². The summed E-state index contributed by atoms with van der Waals surface area (Å²) >= 11 is 3.34. The first-order valence-electron chi connectivity index (χ1n) is 7.55. The van der Waals surface area contributed by atoms with Gasteiger partial charge in [-0.3, -0.25) is 14.9 Å². The molecule has 0 saturated carbocycles. The van der Waals surface area contributed by atoms with E-state index in [-0.39, 0.29) is 23.7 Å². The number of ether oxygens (including phenoxy) is 1. The van der Waals surface area contributed by atoms with Gasteiger partial charge in [-0.05, 0) is 42.5 Å². The molecule has 0 spiro atoms. The molecule has 0 saturated heterocycles. The van der Waals surface area contributed by atoms with E-state index >= 15 is 0 Å². The molecule has 1 heterocycles. The van der Waals surface area contributed by atoms with Gasteiger partial charge in [0.05, 0.1) is 4.92 Å². The first-order chi connectivity index (χ1) is 12.5. The number of nitrogens with zero attached hydrogens (tertiary/aromatic N) is 1. The summed E-state index contributed by atoms with van der Waals surface area (Å²) in [7, 11) is 0. The minimum atomic E-state index is -0.575. The number of carbonyl (C=O) groups is 1. The van der Waals surface area contributed by atoms with Gasteiger partial charge in [0.15, 0.2) is 5.76 Å². The molecule has 1 aromatic heterocycles. The summed E-state index contributed by atoms with van der Waals surface area (Å²) in [6.45, 7) is 0.153. The van der Waals surface area contributed by atoms with Crippen molar-refractivity contribution >= 4 is 33.2 Å². The van der Waals surface area contributed by atoms with E-state index in [9.17, 15) is 14.9 Å². The fourth-order valence-electron chi connectivity index (χ4n) is 2.19. The van der Waals surface area contributed by atoms with Crippen LogP contribution in [-0.2, 0) is 6.61 Å². The molecular weight excluding hydrogens is 404 g/mol. The van der Waals surface area contributed by atoms with Crippen LogP contribution in [0.3, 0.4) is 0 Å². The van der Waals surface area contributed by atoms with Gasteiger partial charge in [-0.2, -0.15) is 0 Å². The zero-order chi connectivity index (χ0) is 18.5. The van der Waals surface area contributed by atoms with Crippen LogP contribution in [0, 0.1) is 10.1 Å². The average molecular weight is 417 g/mol. The first-order valence-corrected chi connectivity index (χ1v) is 8.34. The Morgan fingerprint density at radius 2 is 1.85 bits per heavy atom. The van der Waals surface area contributed by atoms with E-state index in [1.54, 1.807) is 24.3 Å². The molecule has 1 amide bonds. The normalized spacial score (nSPS) is 10.3. The second-order valence-electron chi connectivity index (χ2n) is 5.24. The molecule has 3 rings (SSSR count). The van der Waals surface area contributed by atoms with Gasteiger partial charge in [-0.1, -0.05) is 28.1 Å². The van der Waals surface area contributed by atoms with Crippen molar-refractivity contribution in [1.82, 2.24) is 0 Å². The van der Waals surface area contributed by atoms with Gasteiger partial charge in [-0.25, -0.2) is 0 Å². The number of halogens is 1. The van der Waals surface area contributed by atoms with Gasteiger partial charge in [0.1, 0.15) is 23.8 Å². The first kappa shape index (κ1) is 17.7. The highest BCUT2D eigenvalue weighted by Gasteiger charge is 2.18. The molecule has 7 nitrogen and oxygen atoms in total. The van der Waals surface area contributed by atoms with Crippen LogP contribution in [0.4, 0.5) is 11.4 Å². The lowest BCUT2D eigenvalue weighted by Gasteiger charge is -2.05. The second kappa shape index (κ2) is 7.83. The third-order valence-electron chi connectivity index (χ3n) is 3.43. The predicted octanol–water partition coefficient (Wildman–Crippen LogP) is 4.78. The minimum absolute atomic E-state index is 0.0394. The molecule has 3 aromatic rings. The molecule has 26 heavy (non-hydrogen) atoms. The van der Waals surface area contributed by atoms with Gasteiger partial charge in [-0.15, -0.1) is 0 Å². The van der Waals surface area contributed by atoms with Crippen LogP contribution in [0.1, 0.15) is 16.3 Å². The smallest absolute Gasteiger partial charge is 0.292 e. The van der Waals surface area contributed by atoms with E-state index in [2.05, 4.69) is 21.2 Å². The number of hydrogen-bond acceptors (Lipinski definition) is 5. The molecular formula is C18H13BrN2O5. The zero-order valence-electron chi connectivity index (χ0n) is 13.3. The Morgan fingerprint density at radius 1 is 1.12 bits per heavy atom. The van der Waals surface area contributed by atoms with Crippen molar-refractivity contribution in [1.29, 1.82) is 0 Å². The van der Waals surface area contributed by atoms with Gasteiger partial charge >= 0.3 is 0 Å². The highest BCUT2D eigenvalue weighted by molar-refractivity contribution is 9.10. The van der Waals surface area contributed by atoms with Crippen LogP contribution in [0.5, 0.6) is 5.75 Å². The minimum Gasteiger partial charge on any atom is -0.486 e. The average Bonchev–Trinajstić information content (AvgIpc) is 3.11. The van der Waals surface area contributed by atoms with Crippen molar-refractivity contribution in [2.45, 2.75) is 6.61 Å². The number of nitro benzene ring substituents is 1. The third-order valence-corrected chi connectivity index (χ3v) is 3.96. The van der Waals surface area contributed by atoms with E-state index in [0.29, 0.717) is 11.5 Å². The van der Waals surface area contributed by atoms with E-state index in [1.165, 1.54) is 24.3 Å². The van der Waals surface area contributed by atoms with Crippen LogP contribution in [0.25, 0.3) is 0 Å². The summed E-state index contributed by atoms with van der Waals surface area (Å²) in [5.74, 6) is 0.586. The van der Waals surface area contributed by atoms with Crippen molar-refractivity contribution < 1.29 is 18.9 Å². The third kappa shape index (κ3) is 4.28. The molecule has 132 valence electrons. The lowest BCUT2D eigenvalue weighted by atomic mass is 10.2. The van der Waals surface area contributed by atoms with Crippen LogP contribution in [-0.4, -0.2) is 10.8 Å². The Labute approximate surface area is 156 Å². The van der Waals surface area contributed by atoms with Crippen LogP contribution >= 0.6 is 15.9 Å². The van der Waals surface area contributed by atoms with Crippen molar-refractivity contribution in [3.8, 4) is 5.75 Å². The number of anilines is 1. The van der Waals surface area contributed by atoms with E-state index < -0.39 is 10.8 Å². The summed E-state index contributed by atoms with van der Waals surface area (Å²) in [6.07, 6.45) is 0. The van der Waals surface area contributed by atoms with E-state index in [4.69, 9.17) is 9.15 Å². The van der Waals surface area contributed by atoms with Crippen molar-refractivity contribution in [2.75, 3.05) is 5.32 Å². The molecule has 0 aliphatic heterocycles. The topological polar surface area (TPSA) is 94.6 Å². The van der Waals surface area contributed by atoms with Crippen LogP contribution in [0.2, 0.25) is 0 Å². The van der Waals surface area contributed by atoms with Gasteiger partial charge in [0.2, 0.25) is 0 Å². The standard InChI is InChI=1S/C18H13BrN2O5/c19-12-5-7-13(8-6-12)25-11-14-9-10-17(26-14)18(22)20-15-3-1-2-4-16(15)21(23)24/h1-10H,11H2,(H,20,22). The summed E-state index contributed by atoms with van der Waals surface area (Å²) < 4.78 is 12.0. The SMILES string of the molecule is O=C(Nc1ccccc1[N+](=O)[O-])c1ccc(COc2ccc(Br)cc2)o1. The van der Waals surface area contributed by atoms with E-state index in [1.807, 2.05) is 12.1 Å². The largest absolute Gasteiger partial charge is 0.486 e. The number of rotatable bonds is 6. The lowest BCUT2D eigenvalue weighted by molar-refractivity contribution is -0.383.